The Balaban J connectivity index is 3.53. The van der Waals surface area contributed by atoms with Crippen molar-refractivity contribution in [2.75, 3.05) is 32.6 Å². The van der Waals surface area contributed by atoms with Crippen LogP contribution in [0.15, 0.2) is 0 Å². The molecule has 3 N–H and O–H groups in total. The third-order valence-electron chi connectivity index (χ3n) is 1.76. The lowest BCUT2D eigenvalue weighted by molar-refractivity contribution is -0.125. The minimum atomic E-state index is -0.0828. The van der Waals surface area contributed by atoms with Gasteiger partial charge < -0.3 is 15.8 Å². The first-order chi connectivity index (χ1) is 6.52. The van der Waals surface area contributed by atoms with Crippen LogP contribution in [-0.2, 0) is 9.53 Å². The molecule has 0 atom stereocenters. The summed E-state index contributed by atoms with van der Waals surface area (Å²) in [5, 5.41) is 2.81. The van der Waals surface area contributed by atoms with Gasteiger partial charge in [0.2, 0.25) is 5.91 Å². The van der Waals surface area contributed by atoms with E-state index in [1.54, 1.807) is 11.8 Å². The average Bonchev–Trinajstić information content (AvgIpc) is 2.16. The van der Waals surface area contributed by atoms with Crippen LogP contribution in [0.1, 0.15) is 13.8 Å². The van der Waals surface area contributed by atoms with Crippen molar-refractivity contribution in [2.45, 2.75) is 18.6 Å². The molecular formula is C9H20N2O2S. The Morgan fingerprint density at radius 3 is 2.71 bits per heavy atom. The second-order valence-electron chi connectivity index (χ2n) is 3.58. The predicted octanol–water partition coefficient (Wildman–Crippen LogP) is 0.220. The van der Waals surface area contributed by atoms with E-state index in [1.165, 1.54) is 0 Å². The van der Waals surface area contributed by atoms with E-state index in [4.69, 9.17) is 10.5 Å². The summed E-state index contributed by atoms with van der Waals surface area (Å²) in [7, 11) is 0. The number of carbonyl (C=O) groups is 1. The number of hydrogen-bond acceptors (Lipinski definition) is 4. The molecule has 0 spiro atoms. The van der Waals surface area contributed by atoms with Crippen molar-refractivity contribution in [3.8, 4) is 0 Å². The Kier molecular flexibility index (Phi) is 6.96. The lowest BCUT2D eigenvalue weighted by Gasteiger charge is -2.22. The van der Waals surface area contributed by atoms with E-state index in [0.29, 0.717) is 19.7 Å². The van der Waals surface area contributed by atoms with Gasteiger partial charge in [-0.25, -0.2) is 0 Å². The zero-order valence-electron chi connectivity index (χ0n) is 9.13. The molecule has 0 bridgehead atoms. The maximum Gasteiger partial charge on any atom is 0.246 e. The van der Waals surface area contributed by atoms with Gasteiger partial charge in [-0.05, 0) is 20.1 Å². The third kappa shape index (κ3) is 7.17. The van der Waals surface area contributed by atoms with Gasteiger partial charge in [-0.1, -0.05) is 0 Å². The van der Waals surface area contributed by atoms with Gasteiger partial charge in [0.25, 0.3) is 0 Å². The van der Waals surface area contributed by atoms with Crippen molar-refractivity contribution in [3.63, 3.8) is 0 Å². The number of nitrogens with two attached hydrogens (primary N) is 1. The highest BCUT2D eigenvalue weighted by molar-refractivity contribution is 7.99. The van der Waals surface area contributed by atoms with E-state index >= 15 is 0 Å². The standard InChI is InChI=1S/C9H20N2O2S/c1-9(2,14-3)7-11-8(12)6-13-5-4-10/h4-7,10H2,1-3H3,(H,11,12). The fourth-order valence-electron chi connectivity index (χ4n) is 0.683. The molecule has 0 unspecified atom stereocenters. The quantitative estimate of drug-likeness (QED) is 0.602. The molecule has 14 heavy (non-hydrogen) atoms. The topological polar surface area (TPSA) is 64.3 Å². The minimum Gasteiger partial charge on any atom is -0.370 e. The number of rotatable bonds is 7. The van der Waals surface area contributed by atoms with Crippen LogP contribution >= 0.6 is 11.8 Å². The maximum atomic E-state index is 11.2. The normalized spacial score (nSPS) is 11.4. The van der Waals surface area contributed by atoms with Crippen LogP contribution in [-0.4, -0.2) is 43.2 Å². The summed E-state index contributed by atoms with van der Waals surface area (Å²) in [6, 6.07) is 0. The molecule has 0 aliphatic heterocycles. The Morgan fingerprint density at radius 2 is 2.21 bits per heavy atom. The van der Waals surface area contributed by atoms with Gasteiger partial charge in [0, 0.05) is 17.8 Å². The van der Waals surface area contributed by atoms with E-state index in [1.807, 2.05) is 6.26 Å². The molecule has 5 heteroatoms. The van der Waals surface area contributed by atoms with Gasteiger partial charge in [-0.15, -0.1) is 0 Å². The van der Waals surface area contributed by atoms with Crippen molar-refractivity contribution in [1.82, 2.24) is 5.32 Å². The SMILES string of the molecule is CSC(C)(C)CNC(=O)COCCN. The Morgan fingerprint density at radius 1 is 1.57 bits per heavy atom. The predicted molar refractivity (Wildman–Crippen MR) is 60.5 cm³/mol. The van der Waals surface area contributed by atoms with E-state index in [-0.39, 0.29) is 17.3 Å². The number of hydrogen-bond donors (Lipinski definition) is 2. The Hall–Kier alpha value is -0.260. The monoisotopic (exact) mass is 220 g/mol. The molecule has 84 valence electrons. The maximum absolute atomic E-state index is 11.2. The van der Waals surface area contributed by atoms with Crippen LogP contribution in [0.25, 0.3) is 0 Å². The molecule has 0 radical (unpaired) electrons. The van der Waals surface area contributed by atoms with Crippen molar-refractivity contribution in [3.05, 3.63) is 0 Å². The summed E-state index contributed by atoms with van der Waals surface area (Å²) >= 11 is 1.72. The fraction of sp³-hybridized carbons (Fsp3) is 0.889. The molecule has 0 aliphatic rings. The summed E-state index contributed by atoms with van der Waals surface area (Å²) in [5.41, 5.74) is 5.22. The summed E-state index contributed by atoms with van der Waals surface area (Å²) in [5.74, 6) is -0.0828. The molecule has 0 rings (SSSR count). The van der Waals surface area contributed by atoms with Gasteiger partial charge in [0.05, 0.1) is 6.61 Å². The van der Waals surface area contributed by atoms with E-state index in [0.717, 1.165) is 0 Å². The number of amides is 1. The van der Waals surface area contributed by atoms with Crippen LogP contribution in [0.4, 0.5) is 0 Å². The number of thioether (sulfide) groups is 1. The van der Waals surface area contributed by atoms with Crippen molar-refractivity contribution >= 4 is 17.7 Å². The van der Waals surface area contributed by atoms with Gasteiger partial charge in [0.1, 0.15) is 6.61 Å². The minimum absolute atomic E-state index is 0.0729. The molecule has 4 nitrogen and oxygen atoms in total. The van der Waals surface area contributed by atoms with E-state index in [9.17, 15) is 4.79 Å². The van der Waals surface area contributed by atoms with Gasteiger partial charge in [0.15, 0.2) is 0 Å². The highest BCUT2D eigenvalue weighted by Gasteiger charge is 2.16. The smallest absolute Gasteiger partial charge is 0.246 e. The molecule has 0 saturated carbocycles. The van der Waals surface area contributed by atoms with Crippen LogP contribution in [0.3, 0.4) is 0 Å². The van der Waals surface area contributed by atoms with Crippen LogP contribution in [0.2, 0.25) is 0 Å². The van der Waals surface area contributed by atoms with E-state index in [2.05, 4.69) is 19.2 Å². The molecule has 0 aromatic rings. The summed E-state index contributed by atoms with van der Waals surface area (Å²) in [4.78, 5) is 11.2. The van der Waals surface area contributed by atoms with Gasteiger partial charge >= 0.3 is 0 Å². The Labute approximate surface area is 89.9 Å². The van der Waals surface area contributed by atoms with Crippen molar-refractivity contribution in [1.29, 1.82) is 0 Å². The first kappa shape index (κ1) is 13.7. The molecule has 0 fully saturated rings. The molecular weight excluding hydrogens is 200 g/mol. The lowest BCUT2D eigenvalue weighted by atomic mass is 10.2. The number of carbonyl (C=O) groups excluding carboxylic acids is 1. The van der Waals surface area contributed by atoms with E-state index < -0.39 is 0 Å². The lowest BCUT2D eigenvalue weighted by Crippen LogP contribution is -2.38. The van der Waals surface area contributed by atoms with Crippen LogP contribution in [0.5, 0.6) is 0 Å². The van der Waals surface area contributed by atoms with Gasteiger partial charge in [-0.2, -0.15) is 11.8 Å². The first-order valence-electron chi connectivity index (χ1n) is 4.61. The molecule has 0 aliphatic carbocycles. The van der Waals surface area contributed by atoms with Crippen LogP contribution < -0.4 is 11.1 Å². The molecule has 0 saturated heterocycles. The zero-order chi connectivity index (χ0) is 11.0. The average molecular weight is 220 g/mol. The van der Waals surface area contributed by atoms with Crippen molar-refractivity contribution in [2.24, 2.45) is 5.73 Å². The fourth-order valence-corrected chi connectivity index (χ4v) is 0.899. The summed E-state index contributed by atoms with van der Waals surface area (Å²) < 4.78 is 5.07. The molecule has 0 heterocycles. The first-order valence-corrected chi connectivity index (χ1v) is 5.84. The van der Waals surface area contributed by atoms with Crippen LogP contribution in [0, 0.1) is 0 Å². The zero-order valence-corrected chi connectivity index (χ0v) is 9.95. The van der Waals surface area contributed by atoms with Gasteiger partial charge in [-0.3, -0.25) is 4.79 Å². The Bertz CT molecular complexity index is 174. The third-order valence-corrected chi connectivity index (χ3v) is 3.01. The highest BCUT2D eigenvalue weighted by atomic mass is 32.2. The molecule has 0 aromatic heterocycles. The summed E-state index contributed by atoms with van der Waals surface area (Å²) in [6.07, 6.45) is 2.02. The second-order valence-corrected chi connectivity index (χ2v) is 5.10. The largest absolute Gasteiger partial charge is 0.370 e. The van der Waals surface area contributed by atoms with Crippen molar-refractivity contribution < 1.29 is 9.53 Å². The number of nitrogens with one attached hydrogen (secondary N) is 1. The molecule has 1 amide bonds. The summed E-state index contributed by atoms with van der Waals surface area (Å²) in [6.45, 7) is 5.79. The number of ether oxygens (including phenoxy) is 1. The highest BCUT2D eigenvalue weighted by Crippen LogP contribution is 2.19. The molecule has 0 aromatic carbocycles. The second kappa shape index (κ2) is 7.09.